The van der Waals surface area contributed by atoms with E-state index in [-0.39, 0.29) is 23.4 Å². The second-order valence-electron chi connectivity index (χ2n) is 8.21. The Balaban J connectivity index is 1.78. The molecule has 0 N–H and O–H groups in total. The van der Waals surface area contributed by atoms with Crippen LogP contribution in [0.2, 0.25) is 0 Å². The summed E-state index contributed by atoms with van der Waals surface area (Å²) in [6, 6.07) is 0. The summed E-state index contributed by atoms with van der Waals surface area (Å²) in [5.74, 6) is 0.521. The van der Waals surface area contributed by atoms with E-state index in [2.05, 4.69) is 0 Å². The maximum Gasteiger partial charge on any atom is 0.182 e. The largest absolute Gasteiger partial charge is 0.292 e. The molecule has 0 aromatic carbocycles. The smallest absolute Gasteiger partial charge is 0.182 e. The maximum absolute atomic E-state index is 13.4. The molecule has 0 spiro atoms. The van der Waals surface area contributed by atoms with Gasteiger partial charge in [-0.1, -0.05) is 51.4 Å². The molecule has 2 saturated carbocycles. The third kappa shape index (κ3) is 2.21. The summed E-state index contributed by atoms with van der Waals surface area (Å²) in [6.45, 7) is 0. The number of carbonyl (C=O) groups excluding carboxylic acids is 2. The van der Waals surface area contributed by atoms with Crippen LogP contribution in [0.4, 0.5) is 0 Å². The Morgan fingerprint density at radius 1 is 0.625 bits per heavy atom. The molecule has 0 amide bonds. The van der Waals surface area contributed by atoms with Crippen LogP contribution in [0.5, 0.6) is 0 Å². The molecule has 0 heterocycles. The summed E-state index contributed by atoms with van der Waals surface area (Å²) in [6.07, 6.45) is 11.8. The van der Waals surface area contributed by atoms with Gasteiger partial charge in [0.1, 0.15) is 9.75 Å². The van der Waals surface area contributed by atoms with Crippen molar-refractivity contribution in [1.82, 2.24) is 0 Å². The zero-order chi connectivity index (χ0) is 16.9. The minimum Gasteiger partial charge on any atom is -0.292 e. The van der Waals surface area contributed by atoms with Gasteiger partial charge in [0.15, 0.2) is 11.6 Å². The Labute approximate surface area is 154 Å². The molecule has 4 atom stereocenters. The lowest BCUT2D eigenvalue weighted by atomic mass is 9.53. The van der Waals surface area contributed by atoms with Gasteiger partial charge in [-0.3, -0.25) is 9.59 Å². The van der Waals surface area contributed by atoms with E-state index in [0.717, 1.165) is 62.5 Å². The normalized spacial score (nSPS) is 43.4. The lowest BCUT2D eigenvalue weighted by molar-refractivity contribution is -0.131. The Hall–Kier alpha value is -0.340. The van der Waals surface area contributed by atoms with Gasteiger partial charge in [-0.25, -0.2) is 0 Å². The number of carbonyl (C=O) groups is 2. The highest BCUT2D eigenvalue weighted by Gasteiger charge is 2.67. The molecule has 132 valence electrons. The van der Waals surface area contributed by atoms with Crippen molar-refractivity contribution in [1.29, 1.82) is 0 Å². The van der Waals surface area contributed by atoms with Crippen molar-refractivity contribution in [2.24, 2.45) is 11.8 Å². The number of alkyl halides is 2. The lowest BCUT2D eigenvalue weighted by Crippen LogP contribution is -2.65. The van der Waals surface area contributed by atoms with Crippen molar-refractivity contribution in [3.8, 4) is 0 Å². The van der Waals surface area contributed by atoms with E-state index in [0.29, 0.717) is 12.8 Å². The van der Waals surface area contributed by atoms with E-state index in [1.807, 2.05) is 0 Å². The second-order valence-corrected chi connectivity index (χ2v) is 9.50. The maximum atomic E-state index is 13.4. The Morgan fingerprint density at radius 2 is 1.00 bits per heavy atom. The van der Waals surface area contributed by atoms with Gasteiger partial charge in [-0.15, -0.1) is 23.2 Å². The SMILES string of the molecule is O=C1C2=C(C(=O)C3(Cl)CCCCCCC13Cl)C1CCCCCCC21. The molecule has 4 heteroatoms. The zero-order valence-corrected chi connectivity index (χ0v) is 15.7. The van der Waals surface area contributed by atoms with Gasteiger partial charge in [-0.05, 0) is 37.5 Å². The van der Waals surface area contributed by atoms with Crippen LogP contribution in [-0.2, 0) is 9.59 Å². The average molecular weight is 369 g/mol. The van der Waals surface area contributed by atoms with Crippen LogP contribution in [0.3, 0.4) is 0 Å². The van der Waals surface area contributed by atoms with E-state index < -0.39 is 9.75 Å². The molecular formula is C20H26Cl2O2. The highest BCUT2D eigenvalue weighted by Crippen LogP contribution is 2.60. The molecular weight excluding hydrogens is 343 g/mol. The molecule has 0 bridgehead atoms. The molecule has 4 unspecified atom stereocenters. The van der Waals surface area contributed by atoms with Crippen LogP contribution in [0.15, 0.2) is 11.1 Å². The molecule has 2 nitrogen and oxygen atoms in total. The first kappa shape index (κ1) is 17.1. The summed E-state index contributed by atoms with van der Waals surface area (Å²) in [4.78, 5) is 24.4. The van der Waals surface area contributed by atoms with Crippen molar-refractivity contribution < 1.29 is 9.59 Å². The molecule has 4 aliphatic rings. The monoisotopic (exact) mass is 368 g/mol. The van der Waals surface area contributed by atoms with E-state index in [1.165, 1.54) is 12.8 Å². The van der Waals surface area contributed by atoms with Gasteiger partial charge in [0, 0.05) is 11.1 Å². The fourth-order valence-corrected chi connectivity index (χ4v) is 6.39. The van der Waals surface area contributed by atoms with Gasteiger partial charge in [0.2, 0.25) is 0 Å². The van der Waals surface area contributed by atoms with E-state index in [9.17, 15) is 9.59 Å². The Bertz CT molecular complexity index is 559. The topological polar surface area (TPSA) is 34.1 Å². The average Bonchev–Trinajstić information content (AvgIpc) is 2.52. The van der Waals surface area contributed by atoms with Crippen LogP contribution >= 0.6 is 23.2 Å². The minimum atomic E-state index is -1.21. The fourth-order valence-electron chi connectivity index (χ4n) is 5.56. The van der Waals surface area contributed by atoms with Gasteiger partial charge in [-0.2, -0.15) is 0 Å². The third-order valence-corrected chi connectivity index (χ3v) is 8.39. The van der Waals surface area contributed by atoms with Crippen LogP contribution < -0.4 is 0 Å². The highest BCUT2D eigenvalue weighted by atomic mass is 35.5. The molecule has 2 fully saturated rings. The Kier molecular flexibility index (Phi) is 4.36. The molecule has 0 aromatic rings. The van der Waals surface area contributed by atoms with Crippen molar-refractivity contribution in [3.05, 3.63) is 11.1 Å². The predicted molar refractivity (Wildman–Crippen MR) is 96.6 cm³/mol. The van der Waals surface area contributed by atoms with Gasteiger partial charge < -0.3 is 0 Å². The van der Waals surface area contributed by atoms with E-state index in [1.54, 1.807) is 0 Å². The first-order valence-corrected chi connectivity index (χ1v) is 10.5. The summed E-state index contributed by atoms with van der Waals surface area (Å²) in [7, 11) is 0. The number of hydrogen-bond donors (Lipinski definition) is 0. The first-order valence-electron chi connectivity index (χ1n) is 9.72. The summed E-state index contributed by atoms with van der Waals surface area (Å²) < 4.78 is 0. The molecule has 0 aromatic heterocycles. The molecule has 0 saturated heterocycles. The number of Topliss-reactive ketones (excluding diaryl/α,β-unsaturated/α-hetero) is 2. The number of ketones is 2. The van der Waals surface area contributed by atoms with Gasteiger partial charge >= 0.3 is 0 Å². The first-order chi connectivity index (χ1) is 11.5. The second kappa shape index (κ2) is 6.13. The Morgan fingerprint density at radius 3 is 1.42 bits per heavy atom. The third-order valence-electron chi connectivity index (χ3n) is 6.93. The van der Waals surface area contributed by atoms with Crippen LogP contribution in [0, 0.1) is 11.8 Å². The molecule has 24 heavy (non-hydrogen) atoms. The molecule has 4 aliphatic carbocycles. The lowest BCUT2D eigenvalue weighted by Gasteiger charge is -2.54. The predicted octanol–water partition coefficient (Wildman–Crippen LogP) is 5.34. The molecule has 4 rings (SSSR count). The van der Waals surface area contributed by atoms with Crippen LogP contribution in [0.25, 0.3) is 0 Å². The summed E-state index contributed by atoms with van der Waals surface area (Å²) >= 11 is 13.8. The van der Waals surface area contributed by atoms with Gasteiger partial charge in [0.05, 0.1) is 0 Å². The van der Waals surface area contributed by atoms with E-state index >= 15 is 0 Å². The highest BCUT2D eigenvalue weighted by molar-refractivity contribution is 6.54. The van der Waals surface area contributed by atoms with Crippen molar-refractivity contribution in [2.75, 3.05) is 0 Å². The standard InChI is InChI=1S/C20H26Cl2O2/c21-19-11-7-3-4-8-12-20(19,22)18(24)16-14-10-6-2-1-5-9-13(14)15(16)17(19)23/h13-14H,1-12H2. The van der Waals surface area contributed by atoms with E-state index in [4.69, 9.17) is 23.2 Å². The van der Waals surface area contributed by atoms with Crippen molar-refractivity contribution in [2.45, 2.75) is 86.8 Å². The number of halogens is 2. The van der Waals surface area contributed by atoms with Crippen LogP contribution in [-0.4, -0.2) is 21.3 Å². The fraction of sp³-hybridized carbons (Fsp3) is 0.800. The van der Waals surface area contributed by atoms with Crippen molar-refractivity contribution >= 4 is 34.8 Å². The van der Waals surface area contributed by atoms with Crippen molar-refractivity contribution in [3.63, 3.8) is 0 Å². The quantitative estimate of drug-likeness (QED) is 0.540. The summed E-state index contributed by atoms with van der Waals surface area (Å²) in [5, 5.41) is 0. The number of rotatable bonds is 0. The number of fused-ring (bicyclic) bond motifs is 4. The van der Waals surface area contributed by atoms with Crippen LogP contribution in [0.1, 0.15) is 77.0 Å². The van der Waals surface area contributed by atoms with Gasteiger partial charge in [0.25, 0.3) is 0 Å². The minimum absolute atomic E-state index is 0.00232. The zero-order valence-electron chi connectivity index (χ0n) is 14.2. The molecule has 0 aliphatic heterocycles. The number of hydrogen-bond acceptors (Lipinski definition) is 2. The number of allylic oxidation sites excluding steroid dienone is 2. The summed E-state index contributed by atoms with van der Waals surface area (Å²) in [5.41, 5.74) is 1.55. The molecule has 0 radical (unpaired) electrons.